The van der Waals surface area contributed by atoms with Gasteiger partial charge in [-0.2, -0.15) is 0 Å². The lowest BCUT2D eigenvalue weighted by Crippen LogP contribution is -2.39. The third-order valence-corrected chi connectivity index (χ3v) is 6.04. The summed E-state index contributed by atoms with van der Waals surface area (Å²) in [6.07, 6.45) is 0.359. The van der Waals surface area contributed by atoms with Gasteiger partial charge in [0.2, 0.25) is 15.9 Å². The number of carbonyl (C=O) groups excluding carboxylic acids is 1. The average Bonchev–Trinajstić information content (AvgIpc) is 2.58. The first-order valence-electron chi connectivity index (χ1n) is 8.15. The summed E-state index contributed by atoms with van der Waals surface area (Å²) in [6, 6.07) is 14.3. The van der Waals surface area contributed by atoms with E-state index in [9.17, 15) is 13.2 Å². The number of hydrogen-bond donors (Lipinski definition) is 1. The van der Waals surface area contributed by atoms with Gasteiger partial charge in [-0.05, 0) is 29.3 Å². The van der Waals surface area contributed by atoms with E-state index in [2.05, 4.69) is 4.72 Å². The van der Waals surface area contributed by atoms with Crippen LogP contribution in [0.1, 0.15) is 31.4 Å². The van der Waals surface area contributed by atoms with E-state index >= 15 is 0 Å². The lowest BCUT2D eigenvalue weighted by atomic mass is 9.77. The molecule has 1 heterocycles. The molecule has 0 spiro atoms. The van der Waals surface area contributed by atoms with Crippen LogP contribution in [-0.4, -0.2) is 21.4 Å². The average molecular weight is 358 g/mol. The van der Waals surface area contributed by atoms with Crippen molar-refractivity contribution >= 4 is 21.6 Å². The van der Waals surface area contributed by atoms with E-state index in [1.54, 1.807) is 30.1 Å². The van der Waals surface area contributed by atoms with E-state index in [0.29, 0.717) is 6.42 Å². The number of anilines is 1. The molecule has 1 N–H and O–H groups in total. The molecule has 3 rings (SSSR count). The van der Waals surface area contributed by atoms with Gasteiger partial charge >= 0.3 is 0 Å². The third-order valence-electron chi connectivity index (χ3n) is 4.65. The number of fused-ring (bicyclic) bond motifs is 1. The van der Waals surface area contributed by atoms with E-state index in [-0.39, 0.29) is 17.3 Å². The minimum Gasteiger partial charge on any atom is -0.315 e. The molecule has 0 aliphatic carbocycles. The van der Waals surface area contributed by atoms with Crippen LogP contribution in [-0.2, 0) is 26.8 Å². The maximum Gasteiger partial charge on any atom is 0.240 e. The molecule has 0 radical (unpaired) electrons. The predicted molar refractivity (Wildman–Crippen MR) is 98.0 cm³/mol. The van der Waals surface area contributed by atoms with Crippen LogP contribution in [0.3, 0.4) is 0 Å². The van der Waals surface area contributed by atoms with Crippen molar-refractivity contribution < 1.29 is 13.2 Å². The molecule has 0 fully saturated rings. The van der Waals surface area contributed by atoms with E-state index in [4.69, 9.17) is 0 Å². The van der Waals surface area contributed by atoms with Crippen LogP contribution in [0.15, 0.2) is 53.4 Å². The molecule has 0 aromatic heterocycles. The Kier molecular flexibility index (Phi) is 4.43. The first-order valence-corrected chi connectivity index (χ1v) is 9.64. The number of nitrogens with one attached hydrogen (secondary N) is 1. The molecule has 132 valence electrons. The Morgan fingerprint density at radius 1 is 1.12 bits per heavy atom. The monoisotopic (exact) mass is 358 g/mol. The van der Waals surface area contributed by atoms with E-state index < -0.39 is 15.4 Å². The molecule has 2 aromatic rings. The van der Waals surface area contributed by atoms with E-state index in [0.717, 1.165) is 16.8 Å². The van der Waals surface area contributed by atoms with Gasteiger partial charge < -0.3 is 4.90 Å². The van der Waals surface area contributed by atoms with Crippen LogP contribution in [0.5, 0.6) is 0 Å². The smallest absolute Gasteiger partial charge is 0.240 e. The molecule has 0 atom stereocenters. The van der Waals surface area contributed by atoms with Crippen LogP contribution < -0.4 is 9.62 Å². The zero-order valence-corrected chi connectivity index (χ0v) is 15.4. The normalized spacial score (nSPS) is 16.6. The fourth-order valence-corrected chi connectivity index (χ4v) is 4.14. The van der Waals surface area contributed by atoms with Crippen molar-refractivity contribution in [3.8, 4) is 0 Å². The second-order valence-electron chi connectivity index (χ2n) is 7.00. The molecule has 25 heavy (non-hydrogen) atoms. The topological polar surface area (TPSA) is 66.5 Å². The van der Waals surface area contributed by atoms with Gasteiger partial charge in [0.05, 0.1) is 4.90 Å². The number of hydrogen-bond acceptors (Lipinski definition) is 3. The van der Waals surface area contributed by atoms with Crippen LogP contribution >= 0.6 is 0 Å². The molecule has 5 nitrogen and oxygen atoms in total. The summed E-state index contributed by atoms with van der Waals surface area (Å²) in [5.41, 5.74) is 2.14. The summed E-state index contributed by atoms with van der Waals surface area (Å²) in [4.78, 5) is 13.9. The van der Waals surface area contributed by atoms with E-state index in [1.165, 1.54) is 0 Å². The van der Waals surface area contributed by atoms with Gasteiger partial charge in [-0.15, -0.1) is 0 Å². The zero-order chi connectivity index (χ0) is 18.2. The predicted octanol–water partition coefficient (Wildman–Crippen LogP) is 2.81. The second kappa shape index (κ2) is 6.28. The third kappa shape index (κ3) is 3.45. The fourth-order valence-electron chi connectivity index (χ4n) is 3.10. The number of sulfonamides is 1. The molecule has 2 aromatic carbocycles. The molecule has 0 saturated heterocycles. The van der Waals surface area contributed by atoms with Crippen molar-refractivity contribution in [3.63, 3.8) is 0 Å². The molecular weight excluding hydrogens is 336 g/mol. The van der Waals surface area contributed by atoms with Crippen LogP contribution in [0.25, 0.3) is 0 Å². The van der Waals surface area contributed by atoms with Gasteiger partial charge in [-0.25, -0.2) is 13.1 Å². The molecular formula is C19H22N2O3S. The van der Waals surface area contributed by atoms with Gasteiger partial charge in [0.25, 0.3) is 0 Å². The molecule has 0 unspecified atom stereocenters. The standard InChI is InChI=1S/C19H22N2O3S/c1-19(2)12-18(22)21(3)17-10-9-15(11-16(17)19)25(23,24)20-13-14-7-5-4-6-8-14/h4-11,20H,12-13H2,1-3H3. The fraction of sp³-hybridized carbons (Fsp3) is 0.316. The van der Waals surface area contributed by atoms with Crippen molar-refractivity contribution in [2.24, 2.45) is 0 Å². The maximum atomic E-state index is 12.7. The molecule has 0 saturated carbocycles. The summed E-state index contributed by atoms with van der Waals surface area (Å²) in [7, 11) is -1.91. The minimum absolute atomic E-state index is 0.0373. The lowest BCUT2D eigenvalue weighted by molar-refractivity contribution is -0.119. The number of carbonyl (C=O) groups is 1. The summed E-state index contributed by atoms with van der Waals surface area (Å²) in [5.74, 6) is 0.0373. The Bertz CT molecular complexity index is 906. The Balaban J connectivity index is 1.92. The Morgan fingerprint density at radius 3 is 2.48 bits per heavy atom. The van der Waals surface area contributed by atoms with Gasteiger partial charge in [-0.1, -0.05) is 44.2 Å². The van der Waals surface area contributed by atoms with Crippen LogP contribution in [0.4, 0.5) is 5.69 Å². The van der Waals surface area contributed by atoms with Crippen LogP contribution in [0.2, 0.25) is 0 Å². The van der Waals surface area contributed by atoms with Gasteiger partial charge in [0.1, 0.15) is 0 Å². The summed E-state index contributed by atoms with van der Waals surface area (Å²) >= 11 is 0. The van der Waals surface area contributed by atoms with Gasteiger partial charge in [0.15, 0.2) is 0 Å². The lowest BCUT2D eigenvalue weighted by Gasteiger charge is -2.37. The van der Waals surface area contributed by atoms with Gasteiger partial charge in [-0.3, -0.25) is 4.79 Å². The summed E-state index contributed by atoms with van der Waals surface area (Å²) in [5, 5.41) is 0. The quantitative estimate of drug-likeness (QED) is 0.914. The zero-order valence-electron chi connectivity index (χ0n) is 14.6. The highest BCUT2D eigenvalue weighted by atomic mass is 32.2. The minimum atomic E-state index is -3.63. The van der Waals surface area contributed by atoms with Crippen molar-refractivity contribution in [1.29, 1.82) is 0 Å². The Labute approximate surface area is 148 Å². The van der Waals surface area contributed by atoms with Crippen LogP contribution in [0, 0.1) is 0 Å². The molecule has 6 heteroatoms. The molecule has 0 bridgehead atoms. The number of benzene rings is 2. The van der Waals surface area contributed by atoms with Crippen molar-refractivity contribution in [2.75, 3.05) is 11.9 Å². The first kappa shape index (κ1) is 17.6. The first-order chi connectivity index (χ1) is 11.7. The second-order valence-corrected chi connectivity index (χ2v) is 8.77. The highest BCUT2D eigenvalue weighted by Gasteiger charge is 2.36. The summed E-state index contributed by atoms with van der Waals surface area (Å²) in [6.45, 7) is 4.16. The number of rotatable bonds is 4. The largest absolute Gasteiger partial charge is 0.315 e. The molecule has 1 aliphatic rings. The number of amides is 1. The van der Waals surface area contributed by atoms with Crippen molar-refractivity contribution in [1.82, 2.24) is 4.72 Å². The molecule has 1 aliphatic heterocycles. The summed E-state index contributed by atoms with van der Waals surface area (Å²) < 4.78 is 28.0. The van der Waals surface area contributed by atoms with E-state index in [1.807, 2.05) is 44.2 Å². The molecule has 1 amide bonds. The maximum absolute atomic E-state index is 12.7. The van der Waals surface area contributed by atoms with Crippen molar-refractivity contribution in [2.45, 2.75) is 37.1 Å². The highest BCUT2D eigenvalue weighted by molar-refractivity contribution is 7.89. The van der Waals surface area contributed by atoms with Crippen molar-refractivity contribution in [3.05, 3.63) is 59.7 Å². The SMILES string of the molecule is CN1C(=O)CC(C)(C)c2cc(S(=O)(=O)NCc3ccccc3)ccc21. The Morgan fingerprint density at radius 2 is 1.80 bits per heavy atom. The Hall–Kier alpha value is -2.18. The number of nitrogens with zero attached hydrogens (tertiary/aromatic N) is 1. The highest BCUT2D eigenvalue weighted by Crippen LogP contribution is 2.40. The van der Waals surface area contributed by atoms with Gasteiger partial charge in [0, 0.05) is 31.1 Å².